The SMILES string of the molecule is CCCCCC(CCC)CN1C=CN(C)C1. The van der Waals surface area contributed by atoms with Crippen LogP contribution in [-0.4, -0.2) is 30.1 Å². The fourth-order valence-electron chi connectivity index (χ4n) is 2.46. The highest BCUT2D eigenvalue weighted by Gasteiger charge is 2.14. The number of unbranched alkanes of at least 4 members (excludes halogenated alkanes) is 2. The molecule has 1 aliphatic rings. The van der Waals surface area contributed by atoms with Crippen LogP contribution in [0, 0.1) is 5.92 Å². The van der Waals surface area contributed by atoms with Crippen LogP contribution in [0.15, 0.2) is 12.4 Å². The summed E-state index contributed by atoms with van der Waals surface area (Å²) in [6.45, 7) is 6.91. The van der Waals surface area contributed by atoms with Gasteiger partial charge >= 0.3 is 0 Å². The van der Waals surface area contributed by atoms with Crippen molar-refractivity contribution in [3.05, 3.63) is 12.4 Å². The molecule has 94 valence electrons. The Kier molecular flexibility index (Phi) is 6.36. The third-order valence-electron chi connectivity index (χ3n) is 3.34. The summed E-state index contributed by atoms with van der Waals surface area (Å²) in [6.07, 6.45) is 12.7. The second kappa shape index (κ2) is 7.59. The van der Waals surface area contributed by atoms with E-state index in [0.717, 1.165) is 12.6 Å². The van der Waals surface area contributed by atoms with Gasteiger partial charge in [0, 0.05) is 26.0 Å². The first-order chi connectivity index (χ1) is 7.76. The molecule has 0 N–H and O–H groups in total. The van der Waals surface area contributed by atoms with Gasteiger partial charge < -0.3 is 9.80 Å². The predicted molar refractivity (Wildman–Crippen MR) is 71.0 cm³/mol. The Balaban J connectivity index is 2.24. The Labute approximate surface area is 101 Å². The molecule has 2 nitrogen and oxygen atoms in total. The van der Waals surface area contributed by atoms with Gasteiger partial charge in [0.2, 0.25) is 0 Å². The lowest BCUT2D eigenvalue weighted by Crippen LogP contribution is -2.27. The Bertz CT molecular complexity index is 201. The lowest BCUT2D eigenvalue weighted by Gasteiger charge is -2.24. The third-order valence-corrected chi connectivity index (χ3v) is 3.34. The van der Waals surface area contributed by atoms with Crippen molar-refractivity contribution in [2.45, 2.75) is 52.4 Å². The Hall–Kier alpha value is -0.660. The molecule has 0 aliphatic carbocycles. The minimum Gasteiger partial charge on any atom is -0.362 e. The van der Waals surface area contributed by atoms with E-state index in [9.17, 15) is 0 Å². The molecular formula is C14H28N2. The molecule has 0 saturated carbocycles. The van der Waals surface area contributed by atoms with Crippen LogP contribution in [0.1, 0.15) is 52.4 Å². The molecule has 1 rings (SSSR count). The van der Waals surface area contributed by atoms with Crippen molar-refractivity contribution in [2.75, 3.05) is 20.3 Å². The van der Waals surface area contributed by atoms with Crippen LogP contribution in [0.2, 0.25) is 0 Å². The van der Waals surface area contributed by atoms with Crippen molar-refractivity contribution in [3.8, 4) is 0 Å². The first kappa shape index (κ1) is 13.4. The standard InChI is InChI=1S/C14H28N2/c1-4-6-7-9-14(8-5-2)12-16-11-10-15(3)13-16/h10-11,14H,4-9,12-13H2,1-3H3. The molecule has 16 heavy (non-hydrogen) atoms. The summed E-state index contributed by atoms with van der Waals surface area (Å²) < 4.78 is 0. The number of hydrogen-bond donors (Lipinski definition) is 0. The van der Waals surface area contributed by atoms with E-state index in [1.807, 2.05) is 0 Å². The van der Waals surface area contributed by atoms with E-state index in [0.29, 0.717) is 0 Å². The monoisotopic (exact) mass is 224 g/mol. The van der Waals surface area contributed by atoms with Crippen LogP contribution in [0.4, 0.5) is 0 Å². The van der Waals surface area contributed by atoms with Crippen LogP contribution in [-0.2, 0) is 0 Å². The summed E-state index contributed by atoms with van der Waals surface area (Å²) in [5.41, 5.74) is 0. The minimum atomic E-state index is 0.896. The molecule has 0 aromatic carbocycles. The molecule has 0 aromatic rings. The van der Waals surface area contributed by atoms with Gasteiger partial charge in [-0.05, 0) is 18.8 Å². The minimum absolute atomic E-state index is 0.896. The second-order valence-corrected chi connectivity index (χ2v) is 5.12. The zero-order valence-electron chi connectivity index (χ0n) is 11.3. The molecule has 1 aliphatic heterocycles. The van der Waals surface area contributed by atoms with E-state index in [1.165, 1.54) is 45.1 Å². The average Bonchev–Trinajstić information content (AvgIpc) is 2.65. The Morgan fingerprint density at radius 1 is 1.06 bits per heavy atom. The quantitative estimate of drug-likeness (QED) is 0.581. The fraction of sp³-hybridized carbons (Fsp3) is 0.857. The lowest BCUT2D eigenvalue weighted by molar-refractivity contribution is 0.241. The summed E-state index contributed by atoms with van der Waals surface area (Å²) >= 11 is 0. The van der Waals surface area contributed by atoms with E-state index in [1.54, 1.807) is 0 Å². The smallest absolute Gasteiger partial charge is 0.0890 e. The summed E-state index contributed by atoms with van der Waals surface area (Å²) in [5, 5.41) is 0. The number of nitrogens with zero attached hydrogens (tertiary/aromatic N) is 2. The van der Waals surface area contributed by atoms with Gasteiger partial charge in [-0.25, -0.2) is 0 Å². The third kappa shape index (κ3) is 4.91. The summed E-state index contributed by atoms with van der Waals surface area (Å²) in [7, 11) is 2.14. The van der Waals surface area contributed by atoms with Crippen molar-refractivity contribution in [1.29, 1.82) is 0 Å². The molecule has 1 atom stereocenters. The lowest BCUT2D eigenvalue weighted by atomic mass is 9.96. The van der Waals surface area contributed by atoms with Crippen molar-refractivity contribution in [1.82, 2.24) is 9.80 Å². The number of rotatable bonds is 8. The van der Waals surface area contributed by atoms with Crippen molar-refractivity contribution in [2.24, 2.45) is 5.92 Å². The first-order valence-corrected chi connectivity index (χ1v) is 6.88. The highest BCUT2D eigenvalue weighted by atomic mass is 15.3. The molecular weight excluding hydrogens is 196 g/mol. The van der Waals surface area contributed by atoms with E-state index in [4.69, 9.17) is 0 Å². The van der Waals surface area contributed by atoms with Gasteiger partial charge in [-0.3, -0.25) is 0 Å². The summed E-state index contributed by atoms with van der Waals surface area (Å²) in [5.74, 6) is 0.896. The normalized spacial score (nSPS) is 17.2. The Morgan fingerprint density at radius 2 is 1.88 bits per heavy atom. The van der Waals surface area contributed by atoms with Gasteiger partial charge in [0.25, 0.3) is 0 Å². The van der Waals surface area contributed by atoms with Gasteiger partial charge in [-0.2, -0.15) is 0 Å². The van der Waals surface area contributed by atoms with Crippen LogP contribution >= 0.6 is 0 Å². The largest absolute Gasteiger partial charge is 0.362 e. The van der Waals surface area contributed by atoms with Crippen molar-refractivity contribution >= 4 is 0 Å². The van der Waals surface area contributed by atoms with Crippen LogP contribution in [0.3, 0.4) is 0 Å². The Morgan fingerprint density at radius 3 is 2.44 bits per heavy atom. The summed E-state index contributed by atoms with van der Waals surface area (Å²) in [4.78, 5) is 4.70. The molecule has 0 aromatic heterocycles. The zero-order chi connectivity index (χ0) is 11.8. The molecule has 1 unspecified atom stereocenters. The van der Waals surface area contributed by atoms with Gasteiger partial charge in [0.15, 0.2) is 0 Å². The van der Waals surface area contributed by atoms with Crippen molar-refractivity contribution in [3.63, 3.8) is 0 Å². The molecule has 0 bridgehead atoms. The maximum Gasteiger partial charge on any atom is 0.0890 e. The van der Waals surface area contributed by atoms with E-state index in [-0.39, 0.29) is 0 Å². The van der Waals surface area contributed by atoms with Gasteiger partial charge in [-0.1, -0.05) is 39.5 Å². The molecule has 2 heteroatoms. The molecule has 0 radical (unpaired) electrons. The molecule has 1 heterocycles. The van der Waals surface area contributed by atoms with Gasteiger partial charge in [-0.15, -0.1) is 0 Å². The van der Waals surface area contributed by atoms with Crippen LogP contribution in [0.25, 0.3) is 0 Å². The molecule has 0 amide bonds. The second-order valence-electron chi connectivity index (χ2n) is 5.12. The van der Waals surface area contributed by atoms with E-state index < -0.39 is 0 Å². The molecule has 0 fully saturated rings. The van der Waals surface area contributed by atoms with Crippen LogP contribution < -0.4 is 0 Å². The van der Waals surface area contributed by atoms with Crippen LogP contribution in [0.5, 0.6) is 0 Å². The van der Waals surface area contributed by atoms with Gasteiger partial charge in [0.05, 0.1) is 6.67 Å². The predicted octanol–water partition coefficient (Wildman–Crippen LogP) is 3.66. The highest BCUT2D eigenvalue weighted by molar-refractivity contribution is 4.89. The topological polar surface area (TPSA) is 6.48 Å². The maximum absolute atomic E-state index is 2.45. The van der Waals surface area contributed by atoms with E-state index in [2.05, 4.69) is 43.1 Å². The fourth-order valence-corrected chi connectivity index (χ4v) is 2.46. The van der Waals surface area contributed by atoms with E-state index >= 15 is 0 Å². The zero-order valence-corrected chi connectivity index (χ0v) is 11.3. The maximum atomic E-state index is 2.45. The first-order valence-electron chi connectivity index (χ1n) is 6.88. The van der Waals surface area contributed by atoms with Gasteiger partial charge in [0.1, 0.15) is 0 Å². The summed E-state index contributed by atoms with van der Waals surface area (Å²) in [6, 6.07) is 0. The van der Waals surface area contributed by atoms with Crippen molar-refractivity contribution < 1.29 is 0 Å². The molecule has 0 spiro atoms. The average molecular weight is 224 g/mol. The highest BCUT2D eigenvalue weighted by Crippen LogP contribution is 2.18. The molecule has 0 saturated heterocycles. The number of hydrogen-bond acceptors (Lipinski definition) is 2.